The number of nitrogens with zero attached hydrogens (tertiary/aromatic N) is 2. The smallest absolute Gasteiger partial charge is 0.0902 e. The molecule has 0 amide bonds. The quantitative estimate of drug-likeness (QED) is 0.596. The second kappa shape index (κ2) is 6.18. The lowest BCUT2D eigenvalue weighted by Gasteiger charge is -2.15. The van der Waals surface area contributed by atoms with E-state index in [0.717, 1.165) is 18.5 Å². The highest BCUT2D eigenvalue weighted by molar-refractivity contribution is 5.23. The van der Waals surface area contributed by atoms with Crippen molar-refractivity contribution in [1.29, 1.82) is 0 Å². The van der Waals surface area contributed by atoms with Crippen LogP contribution in [-0.4, -0.2) is 31.4 Å². The van der Waals surface area contributed by atoms with Gasteiger partial charge in [0.2, 0.25) is 0 Å². The van der Waals surface area contributed by atoms with Crippen molar-refractivity contribution in [3.05, 3.63) is 0 Å². The molecular formula is C12H24N2. The zero-order chi connectivity index (χ0) is 10.4. The fraction of sp³-hybridized carbons (Fsp3) is 0.917. The Morgan fingerprint density at radius 1 is 1.29 bits per heavy atom. The van der Waals surface area contributed by atoms with Crippen LogP contribution in [0, 0.1) is 11.8 Å². The van der Waals surface area contributed by atoms with Crippen LogP contribution in [0.2, 0.25) is 0 Å². The molecule has 0 aliphatic carbocycles. The van der Waals surface area contributed by atoms with Crippen molar-refractivity contribution in [3.63, 3.8) is 0 Å². The summed E-state index contributed by atoms with van der Waals surface area (Å²) in [5.74, 6) is 1.82. The first-order chi connectivity index (χ1) is 6.81. The summed E-state index contributed by atoms with van der Waals surface area (Å²) in [6.07, 6.45) is 5.44. The predicted octanol–water partition coefficient (Wildman–Crippen LogP) is 2.79. The summed E-state index contributed by atoms with van der Waals surface area (Å²) >= 11 is 0. The number of hydrogen-bond donors (Lipinski definition) is 0. The Morgan fingerprint density at radius 3 is 2.57 bits per heavy atom. The van der Waals surface area contributed by atoms with Crippen LogP contribution in [0.5, 0.6) is 0 Å². The van der Waals surface area contributed by atoms with Gasteiger partial charge in [0, 0.05) is 13.1 Å². The van der Waals surface area contributed by atoms with Crippen LogP contribution in [0.1, 0.15) is 39.5 Å². The minimum atomic E-state index is 0.832. The number of rotatable bonds is 6. The molecule has 2 unspecified atom stereocenters. The second-order valence-corrected chi connectivity index (χ2v) is 4.47. The van der Waals surface area contributed by atoms with E-state index < -0.39 is 0 Å². The molecule has 0 spiro atoms. The second-order valence-electron chi connectivity index (χ2n) is 4.47. The topological polar surface area (TPSA) is 15.6 Å². The largest absolute Gasteiger partial charge is 0.285 e. The third kappa shape index (κ3) is 3.09. The monoisotopic (exact) mass is 196 g/mol. The van der Waals surface area contributed by atoms with E-state index >= 15 is 0 Å². The van der Waals surface area contributed by atoms with Crippen molar-refractivity contribution in [3.8, 4) is 0 Å². The lowest BCUT2D eigenvalue weighted by atomic mass is 9.89. The number of aliphatic imine (C=N–C) groups is 1. The molecule has 0 radical (unpaired) electrons. The summed E-state index contributed by atoms with van der Waals surface area (Å²) in [6.45, 7) is 11.5. The van der Waals surface area contributed by atoms with Crippen LogP contribution in [0.15, 0.2) is 4.99 Å². The van der Waals surface area contributed by atoms with Gasteiger partial charge >= 0.3 is 0 Å². The van der Waals surface area contributed by atoms with Crippen molar-refractivity contribution in [2.75, 3.05) is 19.8 Å². The average molecular weight is 196 g/mol. The molecule has 1 saturated heterocycles. The van der Waals surface area contributed by atoms with E-state index in [-0.39, 0.29) is 0 Å². The Labute approximate surface area is 88.4 Å². The van der Waals surface area contributed by atoms with E-state index in [1.54, 1.807) is 0 Å². The van der Waals surface area contributed by atoms with Gasteiger partial charge in [-0.1, -0.05) is 33.1 Å². The Bertz CT molecular complexity index is 168. The molecule has 1 rings (SSSR count). The number of unbranched alkanes of at least 4 members (excludes halogenated alkanes) is 1. The van der Waals surface area contributed by atoms with Gasteiger partial charge in [0.1, 0.15) is 0 Å². The number of hydrogen-bond acceptors (Lipinski definition) is 2. The molecular weight excluding hydrogens is 172 g/mol. The van der Waals surface area contributed by atoms with Crippen molar-refractivity contribution in [2.45, 2.75) is 39.5 Å². The molecule has 0 bridgehead atoms. The van der Waals surface area contributed by atoms with Gasteiger partial charge in [-0.15, -0.1) is 0 Å². The van der Waals surface area contributed by atoms with Crippen LogP contribution >= 0.6 is 0 Å². The van der Waals surface area contributed by atoms with E-state index in [1.807, 2.05) is 0 Å². The highest BCUT2D eigenvalue weighted by Gasteiger charge is 2.30. The molecule has 1 aliphatic heterocycles. The highest BCUT2D eigenvalue weighted by Crippen LogP contribution is 2.29. The van der Waals surface area contributed by atoms with Gasteiger partial charge in [-0.05, 0) is 25.0 Å². The predicted molar refractivity (Wildman–Crippen MR) is 62.8 cm³/mol. The van der Waals surface area contributed by atoms with Crippen LogP contribution in [0.4, 0.5) is 0 Å². The molecule has 0 N–H and O–H groups in total. The van der Waals surface area contributed by atoms with Crippen LogP contribution < -0.4 is 0 Å². The lowest BCUT2D eigenvalue weighted by Crippen LogP contribution is -2.20. The molecule has 0 aromatic heterocycles. The average Bonchev–Trinajstić information content (AvgIpc) is 2.58. The Hall–Kier alpha value is -0.370. The van der Waals surface area contributed by atoms with Gasteiger partial charge in [0.05, 0.1) is 6.67 Å². The van der Waals surface area contributed by atoms with Crippen molar-refractivity contribution in [1.82, 2.24) is 4.90 Å². The van der Waals surface area contributed by atoms with Crippen LogP contribution in [0.3, 0.4) is 0 Å². The third-order valence-electron chi connectivity index (χ3n) is 3.40. The number of likely N-dealkylation sites (tertiary alicyclic amines) is 1. The maximum absolute atomic E-state index is 3.98. The molecule has 0 saturated carbocycles. The van der Waals surface area contributed by atoms with E-state index in [2.05, 4.69) is 30.5 Å². The van der Waals surface area contributed by atoms with Gasteiger partial charge in [-0.25, -0.2) is 0 Å². The molecule has 14 heavy (non-hydrogen) atoms. The first-order valence-electron chi connectivity index (χ1n) is 5.96. The molecule has 0 aromatic rings. The zero-order valence-electron chi connectivity index (χ0n) is 9.71. The molecule has 2 heteroatoms. The summed E-state index contributed by atoms with van der Waals surface area (Å²) < 4.78 is 0. The Kier molecular flexibility index (Phi) is 5.16. The van der Waals surface area contributed by atoms with E-state index in [1.165, 1.54) is 38.8 Å². The summed E-state index contributed by atoms with van der Waals surface area (Å²) in [6, 6.07) is 0. The normalized spacial score (nSPS) is 28.1. The van der Waals surface area contributed by atoms with Gasteiger partial charge < -0.3 is 0 Å². The maximum Gasteiger partial charge on any atom is 0.0902 e. The molecule has 2 atom stereocenters. The molecule has 1 aliphatic rings. The van der Waals surface area contributed by atoms with Crippen molar-refractivity contribution in [2.24, 2.45) is 16.8 Å². The van der Waals surface area contributed by atoms with Gasteiger partial charge in [-0.3, -0.25) is 9.89 Å². The third-order valence-corrected chi connectivity index (χ3v) is 3.40. The molecule has 2 nitrogen and oxygen atoms in total. The summed E-state index contributed by atoms with van der Waals surface area (Å²) in [5, 5.41) is 0. The van der Waals surface area contributed by atoms with Crippen LogP contribution in [0.25, 0.3) is 0 Å². The van der Waals surface area contributed by atoms with E-state index in [0.29, 0.717) is 0 Å². The van der Waals surface area contributed by atoms with Crippen molar-refractivity contribution < 1.29 is 0 Å². The first-order valence-corrected chi connectivity index (χ1v) is 5.96. The van der Waals surface area contributed by atoms with Crippen LogP contribution in [-0.2, 0) is 0 Å². The SMILES string of the molecule is C=NCN1CC(CC)C(CCCC)C1. The summed E-state index contributed by atoms with van der Waals surface area (Å²) in [4.78, 5) is 6.42. The van der Waals surface area contributed by atoms with Gasteiger partial charge in [-0.2, -0.15) is 0 Å². The summed E-state index contributed by atoms with van der Waals surface area (Å²) in [5.41, 5.74) is 0. The standard InChI is InChI=1S/C12H24N2/c1-4-6-7-12-9-14(10-13-3)8-11(12)5-2/h11-12H,3-10H2,1-2H3. The van der Waals surface area contributed by atoms with E-state index in [4.69, 9.17) is 0 Å². The zero-order valence-corrected chi connectivity index (χ0v) is 9.71. The fourth-order valence-electron chi connectivity index (χ4n) is 2.55. The fourth-order valence-corrected chi connectivity index (χ4v) is 2.55. The first kappa shape index (κ1) is 11.7. The minimum Gasteiger partial charge on any atom is -0.285 e. The molecule has 1 heterocycles. The van der Waals surface area contributed by atoms with Gasteiger partial charge in [0.15, 0.2) is 0 Å². The molecule has 82 valence electrons. The molecule has 1 fully saturated rings. The molecule has 0 aromatic carbocycles. The minimum absolute atomic E-state index is 0.832. The lowest BCUT2D eigenvalue weighted by molar-refractivity contribution is 0.330. The van der Waals surface area contributed by atoms with E-state index in [9.17, 15) is 0 Å². The summed E-state index contributed by atoms with van der Waals surface area (Å²) in [7, 11) is 0. The van der Waals surface area contributed by atoms with Gasteiger partial charge in [0.25, 0.3) is 0 Å². The highest BCUT2D eigenvalue weighted by atomic mass is 15.2. The Morgan fingerprint density at radius 2 is 2.00 bits per heavy atom. The maximum atomic E-state index is 3.98. The Balaban J connectivity index is 2.36. The van der Waals surface area contributed by atoms with Crippen molar-refractivity contribution >= 4 is 6.72 Å².